The number of aryl methyl sites for hydroxylation is 2. The number of hydrogen-bond acceptors (Lipinski definition) is 6. The molecule has 8 heteroatoms. The highest BCUT2D eigenvalue weighted by Gasteiger charge is 2.19. The number of likely N-dealkylation sites (N-methyl/N-ethyl adjacent to an activating group) is 1. The lowest BCUT2D eigenvalue weighted by Crippen LogP contribution is -2.35. The average Bonchev–Trinajstić information content (AvgIpc) is 2.98. The average molecular weight is 572 g/mol. The van der Waals surface area contributed by atoms with Gasteiger partial charge in [0.1, 0.15) is 17.2 Å². The fraction of sp³-hybridized carbons (Fsp3) is 0.324. The number of nitrogens with zero attached hydrogens (tertiary/aromatic N) is 3. The number of hydrogen-bond donors (Lipinski definition) is 3. The predicted octanol–water partition coefficient (Wildman–Crippen LogP) is 8.56. The molecule has 42 heavy (non-hydrogen) atoms. The first-order valence-corrected chi connectivity index (χ1v) is 14.6. The maximum Gasteiger partial charge on any atom is 0.323 e. The Morgan fingerprint density at radius 1 is 0.976 bits per heavy atom. The second-order valence-electron chi connectivity index (χ2n) is 9.24. The molecule has 224 valence electrons. The number of phenols is 1. The Hall–Kier alpha value is -4.59. The van der Waals surface area contributed by atoms with Gasteiger partial charge in [-0.15, -0.1) is 0 Å². The minimum absolute atomic E-state index is 0.207. The van der Waals surface area contributed by atoms with Crippen molar-refractivity contribution in [3.8, 4) is 17.2 Å². The van der Waals surface area contributed by atoms with Crippen molar-refractivity contribution in [2.45, 2.75) is 67.7 Å². The normalized spacial score (nSPS) is 13.0. The van der Waals surface area contributed by atoms with Crippen molar-refractivity contribution in [2.75, 3.05) is 11.9 Å². The lowest BCUT2D eigenvalue weighted by Gasteiger charge is -2.27. The molecule has 3 N–H and O–H groups in total. The van der Waals surface area contributed by atoms with Crippen LogP contribution in [0.1, 0.15) is 65.5 Å². The van der Waals surface area contributed by atoms with Crippen molar-refractivity contribution in [1.29, 1.82) is 0 Å². The zero-order chi connectivity index (χ0) is 30.9. The number of phenolic OH excluding ortho intramolecular Hbond substituents is 1. The van der Waals surface area contributed by atoms with E-state index < -0.39 is 0 Å². The van der Waals surface area contributed by atoms with E-state index in [2.05, 4.69) is 40.6 Å². The first kappa shape index (κ1) is 33.6. The number of aromatic nitrogens is 1. The molecule has 0 fully saturated rings. The number of amides is 2. The number of para-hydroxylation sites is 1. The van der Waals surface area contributed by atoms with Gasteiger partial charge >= 0.3 is 6.03 Å². The summed E-state index contributed by atoms with van der Waals surface area (Å²) in [7, 11) is 0. The van der Waals surface area contributed by atoms with Crippen LogP contribution >= 0.6 is 0 Å². The second-order valence-corrected chi connectivity index (χ2v) is 9.24. The third kappa shape index (κ3) is 10.4. The summed E-state index contributed by atoms with van der Waals surface area (Å²) in [6.45, 7) is 14.9. The number of aromatic hydroxyl groups is 1. The van der Waals surface area contributed by atoms with Crippen LogP contribution in [-0.2, 0) is 6.42 Å². The van der Waals surface area contributed by atoms with Crippen molar-refractivity contribution in [3.63, 3.8) is 0 Å². The summed E-state index contributed by atoms with van der Waals surface area (Å²) in [6.07, 6.45) is 10.3. The van der Waals surface area contributed by atoms with E-state index in [-0.39, 0.29) is 11.8 Å². The van der Waals surface area contributed by atoms with Crippen LogP contribution in [0.5, 0.6) is 17.2 Å². The number of allylic oxidation sites excluding steroid dienone is 2. The second kappa shape index (κ2) is 18.0. The molecule has 0 radical (unpaired) electrons. The van der Waals surface area contributed by atoms with Gasteiger partial charge in [-0.25, -0.2) is 4.79 Å². The first-order valence-electron chi connectivity index (χ1n) is 14.6. The zero-order valence-electron chi connectivity index (χ0n) is 25.9. The molecule has 2 amide bonds. The Bertz CT molecular complexity index is 1370. The van der Waals surface area contributed by atoms with Crippen LogP contribution in [0, 0.1) is 6.92 Å². The number of benzene rings is 2. The molecule has 2 aromatic carbocycles. The molecule has 4 rings (SSSR count). The van der Waals surface area contributed by atoms with Crippen molar-refractivity contribution < 1.29 is 14.6 Å². The Labute approximate surface area is 250 Å². The number of hydrazone groups is 1. The lowest BCUT2D eigenvalue weighted by molar-refractivity contribution is 0.253. The minimum atomic E-state index is -0.254. The highest BCUT2D eigenvalue weighted by Crippen LogP contribution is 2.24. The predicted molar refractivity (Wildman–Crippen MR) is 173 cm³/mol. The van der Waals surface area contributed by atoms with E-state index in [1.807, 2.05) is 82.2 Å². The van der Waals surface area contributed by atoms with Crippen molar-refractivity contribution in [3.05, 3.63) is 102 Å². The maximum absolute atomic E-state index is 12.7. The molecule has 0 saturated carbocycles. The highest BCUT2D eigenvalue weighted by atomic mass is 16.5. The summed E-state index contributed by atoms with van der Waals surface area (Å²) in [5.74, 6) is 1.60. The van der Waals surface area contributed by atoms with Crippen LogP contribution in [0.3, 0.4) is 0 Å². The minimum Gasteiger partial charge on any atom is -0.508 e. The summed E-state index contributed by atoms with van der Waals surface area (Å²) >= 11 is 0. The molecule has 0 saturated heterocycles. The van der Waals surface area contributed by atoms with Crippen molar-refractivity contribution >= 4 is 17.4 Å². The molecule has 0 bridgehead atoms. The van der Waals surface area contributed by atoms with Gasteiger partial charge in [-0.1, -0.05) is 64.5 Å². The third-order valence-corrected chi connectivity index (χ3v) is 5.90. The van der Waals surface area contributed by atoms with Crippen molar-refractivity contribution in [1.82, 2.24) is 15.3 Å². The number of nitrogens with one attached hydrogen (secondary N) is 2. The van der Waals surface area contributed by atoms with Crippen molar-refractivity contribution in [2.24, 2.45) is 5.10 Å². The number of pyridine rings is 1. The Kier molecular flexibility index (Phi) is 14.4. The maximum atomic E-state index is 12.7. The van der Waals surface area contributed by atoms with E-state index in [4.69, 9.17) is 4.74 Å². The summed E-state index contributed by atoms with van der Waals surface area (Å²) in [6, 6.07) is 15.9. The largest absolute Gasteiger partial charge is 0.508 e. The number of urea groups is 1. The van der Waals surface area contributed by atoms with Gasteiger partial charge in [-0.2, -0.15) is 5.10 Å². The molecule has 1 aliphatic heterocycles. The fourth-order valence-electron chi connectivity index (χ4n) is 4.14. The number of rotatable bonds is 8. The molecule has 0 spiro atoms. The van der Waals surface area contributed by atoms with Crippen LogP contribution in [0.2, 0.25) is 0 Å². The van der Waals surface area contributed by atoms with Crippen LogP contribution in [0.25, 0.3) is 0 Å². The van der Waals surface area contributed by atoms with Gasteiger partial charge in [0.25, 0.3) is 0 Å². The van der Waals surface area contributed by atoms with Gasteiger partial charge in [0, 0.05) is 25.0 Å². The quantitative estimate of drug-likeness (QED) is 0.252. The van der Waals surface area contributed by atoms with Crippen LogP contribution in [0.15, 0.2) is 95.6 Å². The summed E-state index contributed by atoms with van der Waals surface area (Å²) < 4.78 is 5.50. The van der Waals surface area contributed by atoms with Gasteiger partial charge < -0.3 is 20.5 Å². The molecule has 0 atom stereocenters. The highest BCUT2D eigenvalue weighted by molar-refractivity contribution is 5.97. The molecule has 1 aromatic heterocycles. The Morgan fingerprint density at radius 2 is 1.69 bits per heavy atom. The van der Waals surface area contributed by atoms with Crippen LogP contribution in [-0.4, -0.2) is 33.4 Å². The molecule has 0 unspecified atom stereocenters. The summed E-state index contributed by atoms with van der Waals surface area (Å²) in [5.41, 5.74) is 5.41. The summed E-state index contributed by atoms with van der Waals surface area (Å²) in [5, 5.41) is 21.6. The Morgan fingerprint density at radius 3 is 2.33 bits per heavy atom. The molecule has 0 aliphatic carbocycles. The van der Waals surface area contributed by atoms with E-state index in [0.29, 0.717) is 5.75 Å². The molecular formula is C34H45N5O3. The van der Waals surface area contributed by atoms with Gasteiger partial charge in [-0.05, 0) is 75.1 Å². The summed E-state index contributed by atoms with van der Waals surface area (Å²) in [4.78, 5) is 16.9. The standard InChI is InChI=1S/C20H29N5O.C12H10O2.C2H6/c1-6-9-16-13-21-12-14(4)19(16)23-20(26)22-17-11-15(5)24-25(8-3)18(17)10-7-2;13-10-5-4-8-12(9-10)14-11-6-2-1-3-7-11;1-2/h10-13H,6-9H2,1-5H3,(H2,21,22,23,26);1-9,13H;1-2H3/b18-10+;;. The van der Waals surface area contributed by atoms with E-state index in [9.17, 15) is 9.90 Å². The zero-order valence-corrected chi connectivity index (χ0v) is 25.9. The van der Waals surface area contributed by atoms with E-state index in [1.54, 1.807) is 30.5 Å². The van der Waals surface area contributed by atoms with Crippen LogP contribution in [0.4, 0.5) is 10.5 Å². The molecule has 3 aromatic rings. The third-order valence-electron chi connectivity index (χ3n) is 5.90. The van der Waals surface area contributed by atoms with E-state index in [0.717, 1.165) is 65.5 Å². The number of ether oxygens (including phenoxy) is 1. The van der Waals surface area contributed by atoms with Gasteiger partial charge in [0.15, 0.2) is 0 Å². The van der Waals surface area contributed by atoms with Crippen LogP contribution < -0.4 is 15.4 Å². The van der Waals surface area contributed by atoms with E-state index in [1.165, 1.54) is 0 Å². The Balaban J connectivity index is 0.000000322. The fourth-order valence-corrected chi connectivity index (χ4v) is 4.14. The molecule has 1 aliphatic rings. The lowest BCUT2D eigenvalue weighted by atomic mass is 10.1. The van der Waals surface area contributed by atoms with Gasteiger partial charge in [0.2, 0.25) is 0 Å². The molecule has 8 nitrogen and oxygen atoms in total. The number of anilines is 1. The topological polar surface area (TPSA) is 99.1 Å². The van der Waals surface area contributed by atoms with Gasteiger partial charge in [-0.3, -0.25) is 9.99 Å². The number of carbonyl (C=O) groups excluding carboxylic acids is 1. The monoisotopic (exact) mass is 571 g/mol. The molecular weight excluding hydrogens is 526 g/mol. The first-order chi connectivity index (χ1) is 20.3. The van der Waals surface area contributed by atoms with E-state index >= 15 is 0 Å². The SMILES string of the molecule is CC.CC/C=C1\C(NC(=O)Nc2c(C)cncc2CCC)=CC(C)=NN1CC.Oc1cccc(Oc2ccccc2)c1. The number of carbonyl (C=O) groups is 1. The smallest absolute Gasteiger partial charge is 0.323 e. The van der Waals surface area contributed by atoms with Gasteiger partial charge in [0.05, 0.1) is 22.8 Å². The molecule has 2 heterocycles.